The first-order valence-electron chi connectivity index (χ1n) is 17.0. The van der Waals surface area contributed by atoms with Gasteiger partial charge in [0.15, 0.2) is 0 Å². The summed E-state index contributed by atoms with van der Waals surface area (Å²) in [6.07, 6.45) is 14.4. The topological polar surface area (TPSA) is 69.7 Å². The molecule has 0 aromatic heterocycles. The molecule has 4 bridgehead atoms. The molecule has 0 aromatic rings. The molecule has 0 amide bonds. The van der Waals surface area contributed by atoms with Crippen molar-refractivity contribution in [1.29, 1.82) is 0 Å². The highest BCUT2D eigenvalue weighted by molar-refractivity contribution is 5.96. The second kappa shape index (κ2) is 10.8. The highest BCUT2D eigenvalue weighted by Crippen LogP contribution is 2.63. The van der Waals surface area contributed by atoms with Crippen LogP contribution in [0.25, 0.3) is 0 Å². The summed E-state index contributed by atoms with van der Waals surface area (Å²) in [7, 11) is 0. The Bertz CT molecular complexity index is 1010. The van der Waals surface area contributed by atoms with Crippen molar-refractivity contribution in [3.05, 3.63) is 0 Å². The van der Waals surface area contributed by atoms with Gasteiger partial charge in [-0.3, -0.25) is 14.4 Å². The lowest BCUT2D eigenvalue weighted by molar-refractivity contribution is -0.154. The van der Waals surface area contributed by atoms with Crippen LogP contribution in [-0.2, 0) is 23.9 Å². The van der Waals surface area contributed by atoms with Gasteiger partial charge in [0.25, 0.3) is 0 Å². The van der Waals surface area contributed by atoms with E-state index in [1.165, 1.54) is 38.5 Å². The fraction of sp³-hybridized carbons (Fsp3) is 0.914. The normalized spacial score (nSPS) is 46.7. The molecule has 5 heteroatoms. The van der Waals surface area contributed by atoms with Crippen LogP contribution in [0.2, 0.25) is 0 Å². The molecule has 0 radical (unpaired) electrons. The number of ketones is 1. The Morgan fingerprint density at radius 2 is 1.68 bits per heavy atom. The maximum atomic E-state index is 12.9. The quantitative estimate of drug-likeness (QED) is 0.186. The second-order valence-electron chi connectivity index (χ2n) is 15.7. The van der Waals surface area contributed by atoms with Crippen LogP contribution in [0.1, 0.15) is 118 Å². The Morgan fingerprint density at radius 3 is 2.38 bits per heavy atom. The monoisotopic (exact) mass is 554 g/mol. The summed E-state index contributed by atoms with van der Waals surface area (Å²) in [6.45, 7) is 11.7. The Kier molecular flexibility index (Phi) is 7.79. The first-order chi connectivity index (χ1) is 19.1. The maximum Gasteiger partial charge on any atom is 0.317 e. The fourth-order valence-corrected chi connectivity index (χ4v) is 11.5. The minimum Gasteiger partial charge on any atom is -0.393 e. The molecule has 0 aromatic carbocycles. The van der Waals surface area contributed by atoms with Crippen molar-refractivity contribution in [2.24, 2.45) is 70.5 Å². The number of hydrogen-bond donors (Lipinski definition) is 0. The van der Waals surface area contributed by atoms with Crippen molar-refractivity contribution >= 4 is 17.7 Å². The predicted molar refractivity (Wildman–Crippen MR) is 154 cm³/mol. The van der Waals surface area contributed by atoms with Gasteiger partial charge in [-0.15, -0.1) is 0 Å². The molecular formula is C35H54O5. The molecular weight excluding hydrogens is 500 g/mol. The van der Waals surface area contributed by atoms with Crippen LogP contribution < -0.4 is 0 Å². The van der Waals surface area contributed by atoms with Gasteiger partial charge in [0.1, 0.15) is 5.78 Å². The summed E-state index contributed by atoms with van der Waals surface area (Å²) in [5.41, 5.74) is -0.00534. The summed E-state index contributed by atoms with van der Waals surface area (Å²) >= 11 is 0. The molecule has 6 fully saturated rings. The molecule has 1 saturated heterocycles. The van der Waals surface area contributed by atoms with E-state index < -0.39 is 0 Å². The molecule has 5 saturated carbocycles. The van der Waals surface area contributed by atoms with Gasteiger partial charge in [-0.25, -0.2) is 0 Å². The lowest BCUT2D eigenvalue weighted by atomic mass is 9.69. The zero-order valence-electron chi connectivity index (χ0n) is 25.8. The van der Waals surface area contributed by atoms with Gasteiger partial charge >= 0.3 is 11.9 Å². The maximum absolute atomic E-state index is 12.9. The van der Waals surface area contributed by atoms with Crippen molar-refractivity contribution in [2.45, 2.75) is 124 Å². The van der Waals surface area contributed by atoms with E-state index in [4.69, 9.17) is 9.47 Å². The van der Waals surface area contributed by atoms with Crippen molar-refractivity contribution in [3.63, 3.8) is 0 Å². The van der Waals surface area contributed by atoms with E-state index in [0.29, 0.717) is 42.3 Å². The van der Waals surface area contributed by atoms with Crippen molar-refractivity contribution < 1.29 is 23.9 Å². The lowest BCUT2D eigenvalue weighted by Gasteiger charge is -2.42. The van der Waals surface area contributed by atoms with Crippen molar-refractivity contribution in [1.82, 2.24) is 0 Å². The Balaban J connectivity index is 1.06. The average Bonchev–Trinajstić information content (AvgIpc) is 3.75. The summed E-state index contributed by atoms with van der Waals surface area (Å²) in [5.74, 6) is 4.94. The van der Waals surface area contributed by atoms with E-state index >= 15 is 0 Å². The number of Topliss-reactive ketones (excluding diaryl/α,β-unsaturated/α-hetero) is 1. The molecule has 13 atom stereocenters. The molecule has 40 heavy (non-hydrogen) atoms. The third-order valence-electron chi connectivity index (χ3n) is 13.9. The van der Waals surface area contributed by atoms with Gasteiger partial charge in [-0.05, 0) is 137 Å². The number of ether oxygens (including phenoxy) is 2. The minimum atomic E-state index is -0.335. The molecule has 6 aliphatic rings. The smallest absolute Gasteiger partial charge is 0.317 e. The van der Waals surface area contributed by atoms with Gasteiger partial charge in [-0.1, -0.05) is 33.6 Å². The molecule has 5 nitrogen and oxygen atoms in total. The van der Waals surface area contributed by atoms with Gasteiger partial charge in [0, 0.05) is 5.92 Å². The van der Waals surface area contributed by atoms with Gasteiger partial charge in [0.2, 0.25) is 0 Å². The van der Waals surface area contributed by atoms with E-state index in [9.17, 15) is 14.4 Å². The molecule has 5 aliphatic carbocycles. The van der Waals surface area contributed by atoms with Crippen LogP contribution >= 0.6 is 0 Å². The molecule has 6 rings (SSSR count). The van der Waals surface area contributed by atoms with Crippen LogP contribution in [-0.4, -0.2) is 29.9 Å². The van der Waals surface area contributed by atoms with Gasteiger partial charge in [0.05, 0.1) is 24.0 Å². The van der Waals surface area contributed by atoms with Gasteiger partial charge in [-0.2, -0.15) is 0 Å². The lowest BCUT2D eigenvalue weighted by Crippen LogP contribution is -2.43. The van der Waals surface area contributed by atoms with E-state index in [1.54, 1.807) is 6.92 Å². The number of carbonyl (C=O) groups is 3. The third kappa shape index (κ3) is 4.82. The summed E-state index contributed by atoms with van der Waals surface area (Å²) in [6, 6.07) is 0. The number of rotatable bonds is 12. The first-order valence-corrected chi connectivity index (χ1v) is 17.0. The van der Waals surface area contributed by atoms with Crippen LogP contribution in [0.4, 0.5) is 0 Å². The standard InChI is InChI=1S/C35H54O5/c1-6-23-21-15-29(20(3)36)30(16-21)25(23)11-12-27-28(33(38)40-32(27)37)13-14-34(4,7-2)19-39-35(5)18-22-17-31(35)26-10-8-9-24(22)26/h21-31H,6-19H2,1-5H3. The van der Waals surface area contributed by atoms with Crippen LogP contribution in [0, 0.1) is 70.5 Å². The zero-order chi connectivity index (χ0) is 28.4. The second-order valence-corrected chi connectivity index (χ2v) is 15.7. The van der Waals surface area contributed by atoms with Crippen molar-refractivity contribution in [3.8, 4) is 0 Å². The Labute approximate surface area is 242 Å². The average molecular weight is 555 g/mol. The van der Waals surface area contributed by atoms with Gasteiger partial charge < -0.3 is 9.47 Å². The summed E-state index contributed by atoms with van der Waals surface area (Å²) in [5, 5.41) is 0. The van der Waals surface area contributed by atoms with Crippen LogP contribution in [0.15, 0.2) is 0 Å². The van der Waals surface area contributed by atoms with E-state index in [2.05, 4.69) is 27.7 Å². The molecule has 0 spiro atoms. The van der Waals surface area contributed by atoms with E-state index in [-0.39, 0.29) is 40.7 Å². The fourth-order valence-electron chi connectivity index (χ4n) is 11.5. The highest BCUT2D eigenvalue weighted by Gasteiger charge is 2.60. The van der Waals surface area contributed by atoms with Crippen molar-refractivity contribution in [2.75, 3.05) is 6.61 Å². The van der Waals surface area contributed by atoms with Crippen LogP contribution in [0.3, 0.4) is 0 Å². The zero-order valence-corrected chi connectivity index (χ0v) is 25.8. The Morgan fingerprint density at radius 1 is 0.950 bits per heavy atom. The largest absolute Gasteiger partial charge is 0.393 e. The highest BCUT2D eigenvalue weighted by atomic mass is 16.6. The number of fused-ring (bicyclic) bond motifs is 7. The molecule has 13 unspecified atom stereocenters. The number of esters is 2. The number of hydrogen-bond acceptors (Lipinski definition) is 5. The number of cyclic esters (lactones) is 2. The summed E-state index contributed by atoms with van der Waals surface area (Å²) in [4.78, 5) is 38.0. The Hall–Kier alpha value is -1.23. The SMILES string of the molecule is CCC1C2CC(C(C)=O)C(C2)C1CCC1C(=O)OC(=O)C1CCC(C)(CC)COC1(C)CC2CC1C1CCCC21. The molecule has 1 heterocycles. The molecule has 224 valence electrons. The third-order valence-corrected chi connectivity index (χ3v) is 13.9. The predicted octanol–water partition coefficient (Wildman–Crippen LogP) is 7.40. The first kappa shape index (κ1) is 28.9. The number of carbonyl (C=O) groups excluding carboxylic acids is 3. The molecule has 0 N–H and O–H groups in total. The van der Waals surface area contributed by atoms with E-state index in [1.807, 2.05) is 0 Å². The summed E-state index contributed by atoms with van der Waals surface area (Å²) < 4.78 is 12.1. The minimum absolute atomic E-state index is 0.00556. The van der Waals surface area contributed by atoms with Crippen LogP contribution in [0.5, 0.6) is 0 Å². The van der Waals surface area contributed by atoms with E-state index in [0.717, 1.165) is 62.4 Å². The molecule has 1 aliphatic heterocycles.